The molecule has 10 heteroatoms. The van der Waals surface area contributed by atoms with Gasteiger partial charge < -0.3 is 19.7 Å². The summed E-state index contributed by atoms with van der Waals surface area (Å²) in [5.41, 5.74) is 0.777. The Kier molecular flexibility index (Phi) is 7.07. The second-order valence-corrected chi connectivity index (χ2v) is 7.70. The van der Waals surface area contributed by atoms with E-state index in [9.17, 15) is 14.4 Å². The van der Waals surface area contributed by atoms with E-state index in [0.717, 1.165) is 0 Å². The number of hydrogen-bond donors (Lipinski definition) is 1. The van der Waals surface area contributed by atoms with Crippen molar-refractivity contribution in [2.24, 2.45) is 5.92 Å². The average molecular weight is 472 g/mol. The Morgan fingerprint density at radius 2 is 1.97 bits per heavy atom. The van der Waals surface area contributed by atoms with E-state index in [1.54, 1.807) is 36.4 Å². The third kappa shape index (κ3) is 4.98. The molecule has 7 nitrogen and oxygen atoms in total. The summed E-state index contributed by atoms with van der Waals surface area (Å²) in [5, 5.41) is 3.42. The summed E-state index contributed by atoms with van der Waals surface area (Å²) in [4.78, 5) is 38.3. The van der Waals surface area contributed by atoms with Crippen LogP contribution in [0.25, 0.3) is 0 Å². The van der Waals surface area contributed by atoms with Crippen LogP contribution in [-0.4, -0.2) is 38.0 Å². The number of methoxy groups -OCH3 is 1. The van der Waals surface area contributed by atoms with E-state index in [4.69, 9.17) is 44.3 Å². The number of rotatable bonds is 6. The summed E-state index contributed by atoms with van der Waals surface area (Å²) in [6, 6.07) is 9.65. The third-order valence-corrected chi connectivity index (χ3v) is 5.52. The normalized spacial score (nSPS) is 15.8. The van der Waals surface area contributed by atoms with E-state index in [1.165, 1.54) is 12.0 Å². The Labute approximate surface area is 187 Å². The van der Waals surface area contributed by atoms with Crippen LogP contribution in [0.1, 0.15) is 6.42 Å². The Hall–Kier alpha value is -2.48. The number of halogens is 3. The zero-order chi connectivity index (χ0) is 21.8. The standard InChI is InChI=1S/C20H17Cl3N2O5/c1-29-16-6-5-12(21)8-15(16)25-9-11(7-18(25)27)20(28)30-10-17(26)24-14-4-2-3-13(22)19(14)23/h2-6,8,11H,7,9-10H2,1H3,(H,24,26)/t11-/m0/s1. The fourth-order valence-electron chi connectivity index (χ4n) is 3.01. The molecule has 0 bridgehead atoms. The molecule has 2 aromatic rings. The summed E-state index contributed by atoms with van der Waals surface area (Å²) in [7, 11) is 1.48. The van der Waals surface area contributed by atoms with Gasteiger partial charge in [0.1, 0.15) is 5.75 Å². The van der Waals surface area contributed by atoms with E-state index >= 15 is 0 Å². The summed E-state index contributed by atoms with van der Waals surface area (Å²) in [6.45, 7) is -0.428. The van der Waals surface area contributed by atoms with Gasteiger partial charge in [-0.25, -0.2) is 0 Å². The molecule has 3 rings (SSSR count). The highest BCUT2D eigenvalue weighted by atomic mass is 35.5. The highest BCUT2D eigenvalue weighted by molar-refractivity contribution is 6.44. The van der Waals surface area contributed by atoms with Crippen LogP contribution in [0.3, 0.4) is 0 Å². The average Bonchev–Trinajstić information content (AvgIpc) is 3.11. The zero-order valence-electron chi connectivity index (χ0n) is 15.8. The van der Waals surface area contributed by atoms with Crippen LogP contribution in [-0.2, 0) is 19.1 Å². The van der Waals surface area contributed by atoms with Crippen LogP contribution in [0.15, 0.2) is 36.4 Å². The van der Waals surface area contributed by atoms with E-state index < -0.39 is 24.4 Å². The highest BCUT2D eigenvalue weighted by Gasteiger charge is 2.37. The number of benzene rings is 2. The second-order valence-electron chi connectivity index (χ2n) is 6.48. The van der Waals surface area contributed by atoms with Crippen molar-refractivity contribution in [1.82, 2.24) is 0 Å². The molecule has 1 aliphatic rings. The van der Waals surface area contributed by atoms with Crippen LogP contribution < -0.4 is 15.0 Å². The Balaban J connectivity index is 1.59. The van der Waals surface area contributed by atoms with Crippen molar-refractivity contribution in [2.75, 3.05) is 30.5 Å². The SMILES string of the molecule is COc1ccc(Cl)cc1N1C[C@@H](C(=O)OCC(=O)Nc2cccc(Cl)c2Cl)CC1=O. The fraction of sp³-hybridized carbons (Fsp3) is 0.250. The molecule has 158 valence electrons. The molecule has 0 aromatic heterocycles. The lowest BCUT2D eigenvalue weighted by Gasteiger charge is -2.19. The molecule has 0 unspecified atom stereocenters. The summed E-state index contributed by atoms with van der Waals surface area (Å²) >= 11 is 17.9. The smallest absolute Gasteiger partial charge is 0.311 e. The largest absolute Gasteiger partial charge is 0.495 e. The molecule has 0 aliphatic carbocycles. The van der Waals surface area contributed by atoms with Gasteiger partial charge in [0.2, 0.25) is 5.91 Å². The van der Waals surface area contributed by atoms with E-state index in [0.29, 0.717) is 22.1 Å². The molecular weight excluding hydrogens is 455 g/mol. The molecule has 1 aliphatic heterocycles. The van der Waals surface area contributed by atoms with Gasteiger partial charge in [0.15, 0.2) is 6.61 Å². The monoisotopic (exact) mass is 470 g/mol. The summed E-state index contributed by atoms with van der Waals surface area (Å²) in [5.74, 6) is -1.76. The molecule has 1 saturated heterocycles. The first-order valence-corrected chi connectivity index (χ1v) is 9.98. The first kappa shape index (κ1) is 22.2. The Morgan fingerprint density at radius 1 is 1.20 bits per heavy atom. The van der Waals surface area contributed by atoms with Crippen molar-refractivity contribution in [3.63, 3.8) is 0 Å². The number of hydrogen-bond acceptors (Lipinski definition) is 5. The van der Waals surface area contributed by atoms with E-state index in [1.807, 2.05) is 0 Å². The minimum absolute atomic E-state index is 0.0454. The van der Waals surface area contributed by atoms with Crippen molar-refractivity contribution in [3.05, 3.63) is 51.5 Å². The van der Waals surface area contributed by atoms with Crippen LogP contribution in [0.4, 0.5) is 11.4 Å². The molecule has 1 heterocycles. The minimum Gasteiger partial charge on any atom is -0.495 e. The fourth-order valence-corrected chi connectivity index (χ4v) is 3.53. The third-order valence-electron chi connectivity index (χ3n) is 4.46. The molecule has 1 N–H and O–H groups in total. The predicted octanol–water partition coefficient (Wildman–Crippen LogP) is 4.19. The number of nitrogens with zero attached hydrogens (tertiary/aromatic N) is 1. The van der Waals surface area contributed by atoms with Crippen LogP contribution in [0, 0.1) is 5.92 Å². The van der Waals surface area contributed by atoms with Gasteiger partial charge in [-0.1, -0.05) is 40.9 Å². The van der Waals surface area contributed by atoms with Gasteiger partial charge in [-0.15, -0.1) is 0 Å². The molecule has 0 saturated carbocycles. The Bertz CT molecular complexity index is 998. The van der Waals surface area contributed by atoms with Crippen molar-refractivity contribution in [3.8, 4) is 5.75 Å². The number of nitrogens with one attached hydrogen (secondary N) is 1. The van der Waals surface area contributed by atoms with Crippen LogP contribution in [0.2, 0.25) is 15.1 Å². The number of amides is 2. The number of carbonyl (C=O) groups is 3. The topological polar surface area (TPSA) is 84.9 Å². The maximum Gasteiger partial charge on any atom is 0.311 e. The van der Waals surface area contributed by atoms with Crippen molar-refractivity contribution in [1.29, 1.82) is 0 Å². The van der Waals surface area contributed by atoms with Gasteiger partial charge in [0.05, 0.1) is 34.4 Å². The molecule has 2 aromatic carbocycles. The summed E-state index contributed by atoms with van der Waals surface area (Å²) in [6.07, 6.45) is -0.0454. The van der Waals surface area contributed by atoms with Gasteiger partial charge in [0, 0.05) is 18.0 Å². The van der Waals surface area contributed by atoms with Gasteiger partial charge in [-0.05, 0) is 30.3 Å². The summed E-state index contributed by atoms with van der Waals surface area (Å²) < 4.78 is 10.3. The maximum absolute atomic E-state index is 12.4. The molecular formula is C20H17Cl3N2O5. The van der Waals surface area contributed by atoms with Crippen molar-refractivity contribution in [2.45, 2.75) is 6.42 Å². The first-order valence-electron chi connectivity index (χ1n) is 8.84. The number of esters is 1. The maximum atomic E-state index is 12.4. The van der Waals surface area contributed by atoms with E-state index in [-0.39, 0.29) is 28.9 Å². The number of anilines is 2. The van der Waals surface area contributed by atoms with E-state index in [2.05, 4.69) is 5.32 Å². The van der Waals surface area contributed by atoms with Gasteiger partial charge in [-0.3, -0.25) is 14.4 Å². The van der Waals surface area contributed by atoms with Crippen molar-refractivity contribution < 1.29 is 23.9 Å². The zero-order valence-corrected chi connectivity index (χ0v) is 18.1. The predicted molar refractivity (Wildman–Crippen MR) is 115 cm³/mol. The van der Waals surface area contributed by atoms with Gasteiger partial charge in [0.25, 0.3) is 5.91 Å². The highest BCUT2D eigenvalue weighted by Crippen LogP contribution is 2.35. The van der Waals surface area contributed by atoms with Gasteiger partial charge >= 0.3 is 5.97 Å². The second kappa shape index (κ2) is 9.55. The first-order chi connectivity index (χ1) is 14.3. The molecule has 2 amide bonds. The lowest BCUT2D eigenvalue weighted by atomic mass is 10.1. The molecule has 0 spiro atoms. The number of ether oxygens (including phenoxy) is 2. The van der Waals surface area contributed by atoms with Crippen LogP contribution in [0.5, 0.6) is 5.75 Å². The number of carbonyl (C=O) groups excluding carboxylic acids is 3. The molecule has 30 heavy (non-hydrogen) atoms. The molecule has 0 radical (unpaired) electrons. The van der Waals surface area contributed by atoms with Crippen LogP contribution >= 0.6 is 34.8 Å². The lowest BCUT2D eigenvalue weighted by molar-refractivity contribution is -0.151. The minimum atomic E-state index is -0.719. The lowest BCUT2D eigenvalue weighted by Crippen LogP contribution is -2.28. The Morgan fingerprint density at radius 3 is 2.70 bits per heavy atom. The quantitative estimate of drug-likeness (QED) is 0.639. The molecule has 1 atom stereocenters. The molecule has 1 fully saturated rings. The van der Waals surface area contributed by atoms with Crippen molar-refractivity contribution >= 4 is 64.0 Å². The van der Waals surface area contributed by atoms with Gasteiger partial charge in [-0.2, -0.15) is 0 Å².